The van der Waals surface area contributed by atoms with Gasteiger partial charge in [-0.3, -0.25) is 4.40 Å². The number of hydrogen-bond donors (Lipinski definition) is 1. The second-order valence-corrected chi connectivity index (χ2v) is 4.55. The van der Waals surface area contributed by atoms with Crippen molar-refractivity contribution in [1.82, 2.24) is 9.38 Å². The summed E-state index contributed by atoms with van der Waals surface area (Å²) in [7, 11) is 0. The third kappa shape index (κ3) is 2.26. The molecule has 0 radical (unpaired) electrons. The minimum atomic E-state index is -0.117. The third-order valence-corrected chi connectivity index (χ3v) is 3.26. The number of fused-ring (bicyclic) bond motifs is 1. The van der Waals surface area contributed by atoms with Gasteiger partial charge in [0.2, 0.25) is 5.88 Å². The molecule has 0 spiro atoms. The highest BCUT2D eigenvalue weighted by molar-refractivity contribution is 5.46. The van der Waals surface area contributed by atoms with E-state index in [9.17, 15) is 5.11 Å². The van der Waals surface area contributed by atoms with E-state index >= 15 is 0 Å². The molecule has 0 unspecified atom stereocenters. The molecule has 3 rings (SSSR count). The van der Waals surface area contributed by atoms with Gasteiger partial charge in [-0.15, -0.1) is 0 Å². The topological polar surface area (TPSA) is 46.8 Å². The van der Waals surface area contributed by atoms with Crippen LogP contribution in [0.2, 0.25) is 0 Å². The Hall–Kier alpha value is -2.33. The Morgan fingerprint density at radius 2 is 2.10 bits per heavy atom. The van der Waals surface area contributed by atoms with Gasteiger partial charge in [0.1, 0.15) is 17.1 Å². The highest BCUT2D eigenvalue weighted by Crippen LogP contribution is 2.26. The molecule has 3 aromatic rings. The summed E-state index contributed by atoms with van der Waals surface area (Å²) in [5.74, 6) is 1.19. The van der Waals surface area contributed by atoms with Crippen LogP contribution in [0.15, 0.2) is 48.7 Å². The van der Waals surface area contributed by atoms with Gasteiger partial charge in [-0.25, -0.2) is 0 Å². The van der Waals surface area contributed by atoms with E-state index in [4.69, 9.17) is 4.74 Å². The molecule has 0 aliphatic rings. The average Bonchev–Trinajstić information content (AvgIpc) is 2.84. The van der Waals surface area contributed by atoms with Gasteiger partial charge in [-0.1, -0.05) is 25.1 Å². The summed E-state index contributed by atoms with van der Waals surface area (Å²) >= 11 is 0. The van der Waals surface area contributed by atoms with Gasteiger partial charge in [-0.05, 0) is 36.2 Å². The SMILES string of the molecule is CCc1cccc(Oc2nc3ccccn3c2CO)c1. The number of aliphatic hydroxyl groups excluding tert-OH is 1. The fraction of sp³-hybridized carbons (Fsp3) is 0.188. The highest BCUT2D eigenvalue weighted by Gasteiger charge is 2.13. The lowest BCUT2D eigenvalue weighted by atomic mass is 10.2. The van der Waals surface area contributed by atoms with Crippen molar-refractivity contribution in [2.24, 2.45) is 0 Å². The molecule has 2 heterocycles. The quantitative estimate of drug-likeness (QED) is 0.790. The van der Waals surface area contributed by atoms with Crippen LogP contribution in [-0.4, -0.2) is 14.5 Å². The molecule has 1 N–H and O–H groups in total. The smallest absolute Gasteiger partial charge is 0.243 e. The average molecular weight is 268 g/mol. The number of rotatable bonds is 4. The summed E-state index contributed by atoms with van der Waals surface area (Å²) < 4.78 is 7.67. The van der Waals surface area contributed by atoms with E-state index in [1.807, 2.05) is 47.0 Å². The molecular formula is C16H16N2O2. The molecule has 20 heavy (non-hydrogen) atoms. The zero-order chi connectivity index (χ0) is 13.9. The minimum Gasteiger partial charge on any atom is -0.437 e. The van der Waals surface area contributed by atoms with Crippen molar-refractivity contribution in [3.63, 3.8) is 0 Å². The predicted molar refractivity (Wildman–Crippen MR) is 77.0 cm³/mol. The highest BCUT2D eigenvalue weighted by atomic mass is 16.5. The molecule has 102 valence electrons. The van der Waals surface area contributed by atoms with Crippen molar-refractivity contribution in [2.75, 3.05) is 0 Å². The number of aliphatic hydroxyl groups is 1. The first-order valence-corrected chi connectivity index (χ1v) is 6.65. The van der Waals surface area contributed by atoms with E-state index in [0.29, 0.717) is 11.6 Å². The Kier molecular flexibility index (Phi) is 3.39. The van der Waals surface area contributed by atoms with Crippen molar-refractivity contribution < 1.29 is 9.84 Å². The third-order valence-electron chi connectivity index (χ3n) is 3.26. The first-order chi connectivity index (χ1) is 9.81. The molecule has 0 saturated heterocycles. The Labute approximate surface area is 117 Å². The van der Waals surface area contributed by atoms with Crippen LogP contribution in [-0.2, 0) is 13.0 Å². The van der Waals surface area contributed by atoms with Crippen LogP contribution in [0.3, 0.4) is 0 Å². The number of benzene rings is 1. The summed E-state index contributed by atoms with van der Waals surface area (Å²) in [6.45, 7) is 1.98. The summed E-state index contributed by atoms with van der Waals surface area (Å²) in [4.78, 5) is 4.42. The van der Waals surface area contributed by atoms with E-state index in [0.717, 1.165) is 17.8 Å². The molecule has 0 aliphatic heterocycles. The molecule has 0 fully saturated rings. The lowest BCUT2D eigenvalue weighted by molar-refractivity contribution is 0.269. The van der Waals surface area contributed by atoms with Crippen LogP contribution >= 0.6 is 0 Å². The van der Waals surface area contributed by atoms with Crippen molar-refractivity contribution in [3.05, 3.63) is 59.9 Å². The molecule has 0 aliphatic carbocycles. The fourth-order valence-electron chi connectivity index (χ4n) is 2.19. The minimum absolute atomic E-state index is 0.117. The number of imidazole rings is 1. The van der Waals surface area contributed by atoms with Gasteiger partial charge in [-0.2, -0.15) is 4.98 Å². The fourth-order valence-corrected chi connectivity index (χ4v) is 2.19. The van der Waals surface area contributed by atoms with Crippen molar-refractivity contribution in [1.29, 1.82) is 0 Å². The van der Waals surface area contributed by atoms with E-state index in [2.05, 4.69) is 18.0 Å². The maximum atomic E-state index is 9.54. The monoisotopic (exact) mass is 268 g/mol. The second-order valence-electron chi connectivity index (χ2n) is 4.55. The number of pyridine rings is 1. The maximum Gasteiger partial charge on any atom is 0.243 e. The van der Waals surface area contributed by atoms with Gasteiger partial charge >= 0.3 is 0 Å². The van der Waals surface area contributed by atoms with Crippen molar-refractivity contribution >= 4 is 5.65 Å². The second kappa shape index (κ2) is 5.35. The number of hydrogen-bond acceptors (Lipinski definition) is 3. The van der Waals surface area contributed by atoms with Crippen LogP contribution < -0.4 is 4.74 Å². The standard InChI is InChI=1S/C16H16N2O2/c1-2-12-6-5-7-13(10-12)20-16-14(11-19)18-9-4-3-8-15(18)17-16/h3-10,19H,2,11H2,1H3. The molecule has 0 bridgehead atoms. The largest absolute Gasteiger partial charge is 0.437 e. The zero-order valence-electron chi connectivity index (χ0n) is 11.3. The van der Waals surface area contributed by atoms with Gasteiger partial charge in [0.05, 0.1) is 6.61 Å². The normalized spacial score (nSPS) is 10.9. The van der Waals surface area contributed by atoms with Crippen LogP contribution in [0, 0.1) is 0 Å². The Balaban J connectivity index is 2.01. The first-order valence-electron chi connectivity index (χ1n) is 6.65. The van der Waals surface area contributed by atoms with Crippen LogP contribution in [0.1, 0.15) is 18.2 Å². The molecule has 4 heteroatoms. The van der Waals surface area contributed by atoms with E-state index in [-0.39, 0.29) is 6.61 Å². The summed E-state index contributed by atoms with van der Waals surface area (Å²) in [5, 5.41) is 9.54. The lowest BCUT2D eigenvalue weighted by Crippen LogP contribution is -1.94. The molecule has 2 aromatic heterocycles. The van der Waals surface area contributed by atoms with E-state index < -0.39 is 0 Å². The number of aryl methyl sites for hydroxylation is 1. The lowest BCUT2D eigenvalue weighted by Gasteiger charge is -2.06. The summed E-state index contributed by atoms with van der Waals surface area (Å²) in [5.41, 5.74) is 2.62. The number of ether oxygens (including phenoxy) is 1. The molecule has 0 atom stereocenters. The molecule has 0 saturated carbocycles. The Morgan fingerprint density at radius 3 is 2.90 bits per heavy atom. The van der Waals surface area contributed by atoms with Gasteiger partial charge in [0.25, 0.3) is 0 Å². The van der Waals surface area contributed by atoms with Crippen molar-refractivity contribution in [3.8, 4) is 11.6 Å². The van der Waals surface area contributed by atoms with Gasteiger partial charge in [0.15, 0.2) is 0 Å². The first kappa shape index (κ1) is 12.7. The molecule has 4 nitrogen and oxygen atoms in total. The van der Waals surface area contributed by atoms with Crippen molar-refractivity contribution in [2.45, 2.75) is 20.0 Å². The maximum absolute atomic E-state index is 9.54. The molecule has 0 amide bonds. The summed E-state index contributed by atoms with van der Waals surface area (Å²) in [6.07, 6.45) is 2.82. The Morgan fingerprint density at radius 1 is 1.20 bits per heavy atom. The number of aromatic nitrogens is 2. The van der Waals surface area contributed by atoms with Crippen LogP contribution in [0.5, 0.6) is 11.6 Å². The molecular weight excluding hydrogens is 252 g/mol. The van der Waals surface area contributed by atoms with Crippen LogP contribution in [0.25, 0.3) is 5.65 Å². The molecule has 1 aromatic carbocycles. The van der Waals surface area contributed by atoms with E-state index in [1.165, 1.54) is 5.56 Å². The van der Waals surface area contributed by atoms with Crippen LogP contribution in [0.4, 0.5) is 0 Å². The predicted octanol–water partition coefficient (Wildman–Crippen LogP) is 3.18. The van der Waals surface area contributed by atoms with Gasteiger partial charge < -0.3 is 9.84 Å². The number of nitrogens with zero attached hydrogens (tertiary/aromatic N) is 2. The van der Waals surface area contributed by atoms with Gasteiger partial charge in [0, 0.05) is 6.20 Å². The zero-order valence-corrected chi connectivity index (χ0v) is 11.3. The summed E-state index contributed by atoms with van der Waals surface area (Å²) in [6, 6.07) is 13.6. The van der Waals surface area contributed by atoms with E-state index in [1.54, 1.807) is 0 Å². The Bertz CT molecular complexity index is 734.